The maximum Gasteiger partial charge on any atom is 0.119 e. The zero-order valence-corrected chi connectivity index (χ0v) is 38.8. The summed E-state index contributed by atoms with van der Waals surface area (Å²) in [6.45, 7) is 6.05. The Kier molecular flexibility index (Phi) is 24.0. The topological polar surface area (TPSA) is 92.6 Å². The van der Waals surface area contributed by atoms with E-state index in [9.17, 15) is 0 Å². The lowest BCUT2D eigenvalue weighted by Gasteiger charge is -2.06. The highest BCUT2D eigenvalue weighted by molar-refractivity contribution is 5.88. The zero-order chi connectivity index (χ0) is 44.5. The van der Waals surface area contributed by atoms with Gasteiger partial charge in [-0.15, -0.1) is 0 Å². The minimum atomic E-state index is 0.754. The van der Waals surface area contributed by atoms with Crippen molar-refractivity contribution >= 4 is 46.6 Å². The molecule has 0 aliphatic rings. The molecule has 0 aliphatic carbocycles. The van der Waals surface area contributed by atoms with Crippen LogP contribution in [0.5, 0.6) is 11.5 Å². The molecule has 0 atom stereocenters. The van der Waals surface area contributed by atoms with Crippen LogP contribution in [0.25, 0.3) is 0 Å². The summed E-state index contributed by atoms with van der Waals surface area (Å²) in [7, 11) is 0. The fourth-order valence-corrected chi connectivity index (χ4v) is 7.24. The van der Waals surface area contributed by atoms with Gasteiger partial charge < -0.3 is 9.47 Å². The molecule has 5 aromatic rings. The molecule has 64 heavy (non-hydrogen) atoms. The molecular weight excluding hydrogens is 789 g/mol. The van der Waals surface area contributed by atoms with Crippen molar-refractivity contribution in [2.75, 3.05) is 13.2 Å². The quantitative estimate of drug-likeness (QED) is 0.0245. The average molecular weight is 861 g/mol. The van der Waals surface area contributed by atoms with Crippen LogP contribution < -0.4 is 9.47 Å². The van der Waals surface area contributed by atoms with Crippen molar-refractivity contribution in [2.45, 2.75) is 142 Å². The molecule has 0 aliphatic heterocycles. The lowest BCUT2D eigenvalue weighted by Crippen LogP contribution is -1.96. The fourth-order valence-electron chi connectivity index (χ4n) is 7.24. The Morgan fingerprint density at radius 3 is 0.938 bits per heavy atom. The summed E-state index contributed by atoms with van der Waals surface area (Å²) in [6, 6.07) is 39.2. The Morgan fingerprint density at radius 1 is 0.328 bits per heavy atom. The summed E-state index contributed by atoms with van der Waals surface area (Å²) in [4.78, 5) is 9.34. The highest BCUT2D eigenvalue weighted by Crippen LogP contribution is 2.26. The van der Waals surface area contributed by atoms with Gasteiger partial charge in [-0.2, -0.15) is 20.5 Å². The molecule has 5 rings (SSSR count). The lowest BCUT2D eigenvalue weighted by atomic mass is 10.1. The normalized spacial score (nSPS) is 11.8. The average Bonchev–Trinajstić information content (AvgIpc) is 3.34. The molecule has 8 nitrogen and oxygen atoms in total. The third kappa shape index (κ3) is 21.1. The second-order valence-electron chi connectivity index (χ2n) is 16.7. The molecule has 8 heteroatoms. The largest absolute Gasteiger partial charge is 0.494 e. The number of benzene rings is 5. The van der Waals surface area contributed by atoms with Crippen LogP contribution in [0.15, 0.2) is 152 Å². The van der Waals surface area contributed by atoms with Gasteiger partial charge in [0, 0.05) is 12.4 Å². The molecule has 0 radical (unpaired) electrons. The SMILES string of the molecule is CCCCCCCCCCCCOc1ccc(N=Nc2ccc(N=Cc3cccc(C=Nc4ccc(N=Nc5ccc(OCCCCCCCCCCCC)cc5)cc4)c3)cc2)cc1. The summed E-state index contributed by atoms with van der Waals surface area (Å²) in [5.41, 5.74) is 6.72. The highest BCUT2D eigenvalue weighted by atomic mass is 16.5. The Bertz CT molecular complexity index is 1940. The first-order valence-corrected chi connectivity index (χ1v) is 24.3. The second-order valence-corrected chi connectivity index (χ2v) is 16.7. The number of nitrogens with zero attached hydrogens (tertiary/aromatic N) is 6. The maximum absolute atomic E-state index is 5.94. The smallest absolute Gasteiger partial charge is 0.119 e. The predicted octanol–water partition coefficient (Wildman–Crippen LogP) is 18.6. The van der Waals surface area contributed by atoms with Gasteiger partial charge in [0.1, 0.15) is 11.5 Å². The second kappa shape index (κ2) is 31.1. The number of azo groups is 2. The van der Waals surface area contributed by atoms with Crippen molar-refractivity contribution in [1.29, 1.82) is 0 Å². The van der Waals surface area contributed by atoms with E-state index in [0.29, 0.717) is 0 Å². The van der Waals surface area contributed by atoms with E-state index >= 15 is 0 Å². The summed E-state index contributed by atoms with van der Waals surface area (Å²) in [5.74, 6) is 1.75. The van der Waals surface area contributed by atoms with Gasteiger partial charge in [0.15, 0.2) is 0 Å². The molecule has 0 unspecified atom stereocenters. The first kappa shape index (κ1) is 49.3. The van der Waals surface area contributed by atoms with Crippen molar-refractivity contribution in [2.24, 2.45) is 30.4 Å². The van der Waals surface area contributed by atoms with Gasteiger partial charge in [-0.1, -0.05) is 148 Å². The van der Waals surface area contributed by atoms with Crippen molar-refractivity contribution in [3.63, 3.8) is 0 Å². The molecule has 0 saturated carbocycles. The van der Waals surface area contributed by atoms with Crippen LogP contribution in [0.1, 0.15) is 153 Å². The third-order valence-corrected chi connectivity index (χ3v) is 11.1. The molecular formula is C56H72N6O2. The van der Waals surface area contributed by atoms with E-state index in [4.69, 9.17) is 9.47 Å². The van der Waals surface area contributed by atoms with Crippen LogP contribution in [0.2, 0.25) is 0 Å². The number of unbranched alkanes of at least 4 members (excludes halogenated alkanes) is 18. The number of ether oxygens (including phenoxy) is 2. The Hall–Kier alpha value is -5.76. The molecule has 338 valence electrons. The summed E-state index contributed by atoms with van der Waals surface area (Å²) in [5, 5.41) is 17.6. The Morgan fingerprint density at radius 2 is 0.609 bits per heavy atom. The summed E-state index contributed by atoms with van der Waals surface area (Å²) < 4.78 is 11.9. The molecule has 0 N–H and O–H groups in total. The summed E-state index contributed by atoms with van der Waals surface area (Å²) in [6.07, 6.45) is 30.1. The lowest BCUT2D eigenvalue weighted by molar-refractivity contribution is 0.304. The first-order chi connectivity index (χ1) is 31.7. The monoisotopic (exact) mass is 861 g/mol. The van der Waals surface area contributed by atoms with Gasteiger partial charge >= 0.3 is 0 Å². The molecule has 0 fully saturated rings. The van der Waals surface area contributed by atoms with Crippen LogP contribution in [0.4, 0.5) is 34.1 Å². The van der Waals surface area contributed by atoms with Gasteiger partial charge in [-0.25, -0.2) is 0 Å². The molecule has 0 heterocycles. The maximum atomic E-state index is 5.94. The third-order valence-electron chi connectivity index (χ3n) is 11.1. The number of hydrogen-bond donors (Lipinski definition) is 0. The van der Waals surface area contributed by atoms with Gasteiger partial charge in [-0.3, -0.25) is 9.98 Å². The van der Waals surface area contributed by atoms with E-state index in [2.05, 4.69) is 50.4 Å². The minimum Gasteiger partial charge on any atom is -0.494 e. The molecule has 0 aromatic heterocycles. The molecule has 5 aromatic carbocycles. The van der Waals surface area contributed by atoms with Crippen LogP contribution in [-0.4, -0.2) is 25.6 Å². The summed E-state index contributed by atoms with van der Waals surface area (Å²) >= 11 is 0. The van der Waals surface area contributed by atoms with Crippen molar-refractivity contribution in [3.8, 4) is 11.5 Å². The Labute approximate surface area is 384 Å². The van der Waals surface area contributed by atoms with E-state index in [1.165, 1.54) is 116 Å². The van der Waals surface area contributed by atoms with Crippen LogP contribution in [0.3, 0.4) is 0 Å². The van der Waals surface area contributed by atoms with E-state index in [1.54, 1.807) is 0 Å². The van der Waals surface area contributed by atoms with Crippen molar-refractivity contribution in [1.82, 2.24) is 0 Å². The Balaban J connectivity index is 0.966. The van der Waals surface area contributed by atoms with Crippen LogP contribution in [0, 0.1) is 0 Å². The van der Waals surface area contributed by atoms with Gasteiger partial charge in [0.05, 0.1) is 47.3 Å². The van der Waals surface area contributed by atoms with E-state index in [0.717, 1.165) is 82.8 Å². The predicted molar refractivity (Wildman–Crippen MR) is 270 cm³/mol. The van der Waals surface area contributed by atoms with Crippen LogP contribution >= 0.6 is 0 Å². The fraction of sp³-hybridized carbons (Fsp3) is 0.429. The van der Waals surface area contributed by atoms with Crippen LogP contribution in [-0.2, 0) is 0 Å². The van der Waals surface area contributed by atoms with Gasteiger partial charge in [-0.05, 0) is 127 Å². The molecule has 0 spiro atoms. The highest BCUT2D eigenvalue weighted by Gasteiger charge is 2.01. The zero-order valence-electron chi connectivity index (χ0n) is 38.8. The van der Waals surface area contributed by atoms with E-state index in [-0.39, 0.29) is 0 Å². The van der Waals surface area contributed by atoms with E-state index < -0.39 is 0 Å². The van der Waals surface area contributed by atoms with Gasteiger partial charge in [0.25, 0.3) is 0 Å². The molecule has 0 bridgehead atoms. The van der Waals surface area contributed by atoms with Crippen molar-refractivity contribution < 1.29 is 9.47 Å². The minimum absolute atomic E-state index is 0.754. The number of aliphatic imine (C=N–C) groups is 2. The van der Waals surface area contributed by atoms with E-state index in [1.807, 2.05) is 128 Å². The molecule has 0 amide bonds. The van der Waals surface area contributed by atoms with Crippen molar-refractivity contribution in [3.05, 3.63) is 132 Å². The van der Waals surface area contributed by atoms with Gasteiger partial charge in [0.2, 0.25) is 0 Å². The standard InChI is InChI=1S/C56H72N6O2/c1-3-5-7-9-11-13-15-17-19-21-42-63-55-38-34-53(35-39-55)61-59-51-30-26-49(27-31-51)57-45-47-24-23-25-48(44-47)46-58-50-28-32-52(33-29-50)60-62-54-36-40-56(41-37-54)64-43-22-20-18-16-14-12-10-8-6-4-2/h23-41,44-46H,3-22,42-43H2,1-2H3. The number of hydrogen-bond acceptors (Lipinski definition) is 8. The molecule has 0 saturated heterocycles. The first-order valence-electron chi connectivity index (χ1n) is 24.3. The number of rotatable bonds is 32.